The summed E-state index contributed by atoms with van der Waals surface area (Å²) < 4.78 is 65.4. The predicted octanol–water partition coefficient (Wildman–Crippen LogP) is 2.73. The number of sulfonamides is 1. The molecule has 0 atom stereocenters. The number of aromatic nitrogens is 2. The first-order chi connectivity index (χ1) is 15.0. The number of carbonyl (C=O) groups is 1. The van der Waals surface area contributed by atoms with E-state index in [0.29, 0.717) is 5.56 Å². The Balaban J connectivity index is 0.00000385. The van der Waals surface area contributed by atoms with E-state index in [1.165, 1.54) is 24.3 Å². The highest BCUT2D eigenvalue weighted by Crippen LogP contribution is 2.33. The van der Waals surface area contributed by atoms with Gasteiger partial charge in [0.15, 0.2) is 5.69 Å². The number of nitrogens with zero attached hydrogens (tertiary/aromatic N) is 2. The lowest BCUT2D eigenvalue weighted by Gasteiger charge is -2.10. The van der Waals surface area contributed by atoms with Crippen LogP contribution in [0.15, 0.2) is 59.5 Å². The smallest absolute Gasteiger partial charge is 0.435 e. The van der Waals surface area contributed by atoms with Gasteiger partial charge in [0.05, 0.1) is 29.3 Å². The zero-order chi connectivity index (χ0) is 23.5. The molecule has 0 bridgehead atoms. The fourth-order valence-corrected chi connectivity index (χ4v) is 3.55. The van der Waals surface area contributed by atoms with Crippen LogP contribution in [-0.2, 0) is 25.8 Å². The zero-order valence-corrected chi connectivity index (χ0v) is 17.9. The highest BCUT2D eigenvalue weighted by atomic mass is 32.2. The first-order valence-electron chi connectivity index (χ1n) is 9.17. The maximum atomic E-state index is 13.3. The van der Waals surface area contributed by atoms with Gasteiger partial charge in [-0.3, -0.25) is 9.63 Å². The van der Waals surface area contributed by atoms with E-state index in [4.69, 9.17) is 5.11 Å². The van der Waals surface area contributed by atoms with Crippen molar-refractivity contribution in [3.8, 4) is 16.9 Å². The van der Waals surface area contributed by atoms with Crippen LogP contribution < -0.4 is 4.89 Å². The third kappa shape index (κ3) is 6.38. The lowest BCUT2D eigenvalue weighted by molar-refractivity contribution is -0.141. The molecular formula is C20H20F3N3O6S. The van der Waals surface area contributed by atoms with E-state index in [2.05, 4.69) is 9.94 Å². The second-order valence-electron chi connectivity index (χ2n) is 6.76. The summed E-state index contributed by atoms with van der Waals surface area (Å²) in [5.41, 5.74) is 0.746. The maximum Gasteiger partial charge on any atom is 0.435 e. The number of alkyl halides is 3. The van der Waals surface area contributed by atoms with Crippen molar-refractivity contribution in [2.24, 2.45) is 0 Å². The number of aryl methyl sites for hydroxylation is 1. The Hall–Kier alpha value is -3.26. The summed E-state index contributed by atoms with van der Waals surface area (Å²) in [4.78, 5) is 16.7. The summed E-state index contributed by atoms with van der Waals surface area (Å²) in [6.45, 7) is 1.47. The van der Waals surface area contributed by atoms with Gasteiger partial charge in [-0.05, 0) is 37.3 Å². The third-order valence-electron chi connectivity index (χ3n) is 4.33. The number of hydrogen-bond donors (Lipinski definition) is 2. The van der Waals surface area contributed by atoms with Crippen molar-refractivity contribution in [1.82, 2.24) is 14.7 Å². The van der Waals surface area contributed by atoms with E-state index in [1.807, 2.05) is 6.92 Å². The number of hydrogen-bond acceptors (Lipinski definition) is 5. The fraction of sp³-hybridized carbons (Fsp3) is 0.200. The van der Waals surface area contributed by atoms with Crippen LogP contribution in [0, 0.1) is 6.92 Å². The summed E-state index contributed by atoms with van der Waals surface area (Å²) in [6.07, 6.45) is -5.06. The summed E-state index contributed by atoms with van der Waals surface area (Å²) in [5, 5.41) is 12.2. The van der Waals surface area contributed by atoms with Crippen LogP contribution in [0.1, 0.15) is 17.7 Å². The molecule has 1 heterocycles. The van der Waals surface area contributed by atoms with Crippen LogP contribution in [0.25, 0.3) is 16.9 Å². The molecule has 2 aromatic carbocycles. The van der Waals surface area contributed by atoms with Crippen LogP contribution in [0.2, 0.25) is 0 Å². The molecule has 0 saturated carbocycles. The highest BCUT2D eigenvalue weighted by molar-refractivity contribution is 7.89. The van der Waals surface area contributed by atoms with E-state index >= 15 is 0 Å². The molecule has 0 aliphatic rings. The molecule has 0 aliphatic carbocycles. The minimum absolute atomic E-state index is 0. The van der Waals surface area contributed by atoms with E-state index in [1.54, 1.807) is 29.2 Å². The number of rotatable bonds is 8. The molecule has 0 spiro atoms. The molecular weight excluding hydrogens is 467 g/mol. The number of benzene rings is 2. The third-order valence-corrected chi connectivity index (χ3v) is 5.56. The molecule has 33 heavy (non-hydrogen) atoms. The lowest BCUT2D eigenvalue weighted by Crippen LogP contribution is -2.25. The standard InChI is InChI=1S/C20H18F3N3O5S.H2O/c1-13-2-4-14(5-3-13)17-12-18(20(21,22)23)24-26(17)15-6-8-16(9-7-15)32(29,30)25-31-11-10-19(27)28;/h2-9,12,25H,10-11H2,1H3,(H,27,28);1H2. The molecule has 9 nitrogen and oxygen atoms in total. The van der Waals surface area contributed by atoms with Gasteiger partial charge in [0.25, 0.3) is 10.0 Å². The molecule has 0 radical (unpaired) electrons. The minimum Gasteiger partial charge on any atom is -0.481 e. The van der Waals surface area contributed by atoms with Gasteiger partial charge in [0, 0.05) is 5.56 Å². The van der Waals surface area contributed by atoms with E-state index in [9.17, 15) is 26.4 Å². The Labute approximate surface area is 186 Å². The van der Waals surface area contributed by atoms with E-state index in [-0.39, 0.29) is 28.4 Å². The van der Waals surface area contributed by atoms with Crippen molar-refractivity contribution in [3.63, 3.8) is 0 Å². The molecule has 4 N–H and O–H groups in total. The summed E-state index contributed by atoms with van der Waals surface area (Å²) in [6, 6.07) is 12.7. The number of halogens is 3. The zero-order valence-electron chi connectivity index (χ0n) is 17.1. The van der Waals surface area contributed by atoms with Crippen LogP contribution in [0.4, 0.5) is 13.2 Å². The van der Waals surface area contributed by atoms with Gasteiger partial charge in [0.2, 0.25) is 0 Å². The van der Waals surface area contributed by atoms with Crippen LogP contribution in [0.5, 0.6) is 0 Å². The Bertz CT molecular complexity index is 1210. The predicted molar refractivity (Wildman–Crippen MR) is 111 cm³/mol. The fourth-order valence-electron chi connectivity index (χ4n) is 2.72. The average Bonchev–Trinajstić information content (AvgIpc) is 3.18. The largest absolute Gasteiger partial charge is 0.481 e. The number of carboxylic acid groups (broad SMARTS) is 1. The quantitative estimate of drug-likeness (QED) is 0.370. The second kappa shape index (κ2) is 10.1. The van der Waals surface area contributed by atoms with Crippen molar-refractivity contribution in [2.75, 3.05) is 6.61 Å². The van der Waals surface area contributed by atoms with Crippen molar-refractivity contribution < 1.29 is 41.8 Å². The van der Waals surface area contributed by atoms with Gasteiger partial charge in [-0.1, -0.05) is 34.7 Å². The van der Waals surface area contributed by atoms with Crippen molar-refractivity contribution >= 4 is 16.0 Å². The summed E-state index contributed by atoms with van der Waals surface area (Å²) in [5.74, 6) is -1.16. The van der Waals surface area contributed by atoms with Gasteiger partial charge in [0.1, 0.15) is 0 Å². The van der Waals surface area contributed by atoms with E-state index in [0.717, 1.165) is 16.3 Å². The Morgan fingerprint density at radius 2 is 1.73 bits per heavy atom. The molecule has 178 valence electrons. The summed E-state index contributed by atoms with van der Waals surface area (Å²) >= 11 is 0. The van der Waals surface area contributed by atoms with Gasteiger partial charge in [-0.15, -0.1) is 0 Å². The normalized spacial score (nSPS) is 11.8. The van der Waals surface area contributed by atoms with Crippen molar-refractivity contribution in [2.45, 2.75) is 24.4 Å². The van der Waals surface area contributed by atoms with Gasteiger partial charge >= 0.3 is 12.1 Å². The topological polar surface area (TPSA) is 142 Å². The molecule has 0 amide bonds. The van der Waals surface area contributed by atoms with Gasteiger partial charge in [-0.25, -0.2) is 13.1 Å². The number of aliphatic carboxylic acids is 1. The van der Waals surface area contributed by atoms with Gasteiger partial charge < -0.3 is 10.6 Å². The SMILES string of the molecule is Cc1ccc(-c2cc(C(F)(F)F)nn2-c2ccc(S(=O)(=O)NOCCC(=O)O)cc2)cc1.O. The molecule has 3 rings (SSSR count). The Kier molecular flexibility index (Phi) is 7.97. The number of carboxylic acids is 1. The Morgan fingerprint density at radius 1 is 1.12 bits per heavy atom. The first kappa shape index (κ1) is 26.0. The van der Waals surface area contributed by atoms with Crippen LogP contribution in [-0.4, -0.2) is 41.4 Å². The Morgan fingerprint density at radius 3 is 2.27 bits per heavy atom. The maximum absolute atomic E-state index is 13.3. The number of nitrogens with one attached hydrogen (secondary N) is 1. The first-order valence-corrected chi connectivity index (χ1v) is 10.7. The minimum atomic E-state index is -4.66. The van der Waals surface area contributed by atoms with Crippen molar-refractivity contribution in [3.05, 3.63) is 65.9 Å². The van der Waals surface area contributed by atoms with Crippen molar-refractivity contribution in [1.29, 1.82) is 0 Å². The molecule has 0 aliphatic heterocycles. The van der Waals surface area contributed by atoms with E-state index < -0.39 is 34.3 Å². The summed E-state index contributed by atoms with van der Waals surface area (Å²) in [7, 11) is -4.12. The molecule has 0 saturated heterocycles. The lowest BCUT2D eigenvalue weighted by atomic mass is 10.1. The molecule has 0 unspecified atom stereocenters. The second-order valence-corrected chi connectivity index (χ2v) is 8.41. The van der Waals surface area contributed by atoms with Crippen LogP contribution >= 0.6 is 0 Å². The molecule has 0 fully saturated rings. The van der Waals surface area contributed by atoms with Gasteiger partial charge in [-0.2, -0.15) is 18.3 Å². The monoisotopic (exact) mass is 487 g/mol. The highest BCUT2D eigenvalue weighted by Gasteiger charge is 2.35. The van der Waals surface area contributed by atoms with Crippen LogP contribution in [0.3, 0.4) is 0 Å². The molecule has 1 aromatic heterocycles. The average molecular weight is 487 g/mol. The molecule has 13 heteroatoms. The molecule has 3 aromatic rings.